The van der Waals surface area contributed by atoms with E-state index in [0.717, 1.165) is 4.47 Å². The topological polar surface area (TPSA) is 49.3 Å². The van der Waals surface area contributed by atoms with Crippen molar-refractivity contribution in [3.63, 3.8) is 0 Å². The van der Waals surface area contributed by atoms with Crippen LogP contribution in [0.25, 0.3) is 0 Å². The summed E-state index contributed by atoms with van der Waals surface area (Å²) < 4.78 is 0.734. The van der Waals surface area contributed by atoms with E-state index in [2.05, 4.69) is 25.9 Å². The molecular formula is C11H14BrClN4O. The third-order valence-corrected chi connectivity index (χ3v) is 3.90. The molecule has 1 amide bonds. The van der Waals surface area contributed by atoms with Crippen LogP contribution in [0.15, 0.2) is 10.7 Å². The molecule has 1 saturated heterocycles. The molecule has 1 aliphatic rings. The van der Waals surface area contributed by atoms with E-state index in [1.807, 2.05) is 25.8 Å². The summed E-state index contributed by atoms with van der Waals surface area (Å²) in [4.78, 5) is 24.0. The van der Waals surface area contributed by atoms with E-state index in [-0.39, 0.29) is 11.2 Å². The van der Waals surface area contributed by atoms with Gasteiger partial charge in [0.2, 0.25) is 11.2 Å². The summed E-state index contributed by atoms with van der Waals surface area (Å²) in [6.45, 7) is 5.14. The van der Waals surface area contributed by atoms with Crippen molar-refractivity contribution in [2.75, 3.05) is 25.0 Å². The highest BCUT2D eigenvalue weighted by Crippen LogP contribution is 2.32. The molecule has 0 radical (unpaired) electrons. The molecule has 0 atom stereocenters. The number of rotatable bonds is 1. The molecule has 0 aliphatic carbocycles. The molecule has 98 valence electrons. The second-order valence-electron chi connectivity index (χ2n) is 4.75. The van der Waals surface area contributed by atoms with Gasteiger partial charge in [0.25, 0.3) is 0 Å². The number of nitrogens with zero attached hydrogens (tertiary/aromatic N) is 4. The van der Waals surface area contributed by atoms with Gasteiger partial charge in [0.15, 0.2) is 0 Å². The zero-order chi connectivity index (χ0) is 13.5. The average Bonchev–Trinajstić information content (AvgIpc) is 2.30. The van der Waals surface area contributed by atoms with Crippen molar-refractivity contribution in [1.82, 2.24) is 14.9 Å². The molecule has 0 aromatic carbocycles. The molecule has 0 spiro atoms. The summed E-state index contributed by atoms with van der Waals surface area (Å²) in [5.41, 5.74) is -0.646. The maximum absolute atomic E-state index is 12.2. The lowest BCUT2D eigenvalue weighted by atomic mass is 9.98. The minimum absolute atomic E-state index is 0.0652. The second kappa shape index (κ2) is 4.66. The number of hydrogen-bond acceptors (Lipinski definition) is 4. The standard InChI is InChI=1S/C11H14BrClN4O/c1-11(2)9(18)16(3)4-5-17(11)8-7(12)6-14-10(13)15-8/h6H,4-5H2,1-3H3. The first-order chi connectivity index (χ1) is 8.34. The predicted octanol–water partition coefficient (Wildman–Crippen LogP) is 1.95. The van der Waals surface area contributed by atoms with E-state index in [9.17, 15) is 4.79 Å². The predicted molar refractivity (Wildman–Crippen MR) is 73.8 cm³/mol. The summed E-state index contributed by atoms with van der Waals surface area (Å²) in [5.74, 6) is 0.719. The van der Waals surface area contributed by atoms with Crippen LogP contribution in [0, 0.1) is 0 Å². The van der Waals surface area contributed by atoms with Crippen molar-refractivity contribution in [3.05, 3.63) is 16.0 Å². The Bertz CT molecular complexity index is 494. The van der Waals surface area contributed by atoms with Crippen LogP contribution in [-0.4, -0.2) is 46.5 Å². The van der Waals surface area contributed by atoms with Crippen LogP contribution in [0.2, 0.25) is 5.28 Å². The van der Waals surface area contributed by atoms with Crippen molar-refractivity contribution >= 4 is 39.3 Å². The number of aromatic nitrogens is 2. The van der Waals surface area contributed by atoms with E-state index in [0.29, 0.717) is 18.9 Å². The summed E-state index contributed by atoms with van der Waals surface area (Å²) in [6, 6.07) is 0. The summed E-state index contributed by atoms with van der Waals surface area (Å²) >= 11 is 9.23. The van der Waals surface area contributed by atoms with Crippen LogP contribution < -0.4 is 4.90 Å². The van der Waals surface area contributed by atoms with Gasteiger partial charge >= 0.3 is 0 Å². The van der Waals surface area contributed by atoms with Crippen molar-refractivity contribution < 1.29 is 4.79 Å². The first-order valence-corrected chi connectivity index (χ1v) is 6.72. The van der Waals surface area contributed by atoms with Crippen molar-refractivity contribution in [1.29, 1.82) is 0 Å². The maximum Gasteiger partial charge on any atom is 0.247 e. The van der Waals surface area contributed by atoms with E-state index >= 15 is 0 Å². The largest absolute Gasteiger partial charge is 0.342 e. The minimum Gasteiger partial charge on any atom is -0.342 e. The number of amides is 1. The highest BCUT2D eigenvalue weighted by molar-refractivity contribution is 9.10. The molecule has 1 aromatic heterocycles. The van der Waals surface area contributed by atoms with Gasteiger partial charge in [-0.25, -0.2) is 4.98 Å². The fourth-order valence-electron chi connectivity index (χ4n) is 2.11. The lowest BCUT2D eigenvalue weighted by Gasteiger charge is -2.45. The van der Waals surface area contributed by atoms with Crippen LogP contribution in [0.1, 0.15) is 13.8 Å². The van der Waals surface area contributed by atoms with Crippen molar-refractivity contribution in [2.24, 2.45) is 0 Å². The monoisotopic (exact) mass is 332 g/mol. The molecule has 1 aromatic rings. The zero-order valence-electron chi connectivity index (χ0n) is 10.4. The Hall–Kier alpha value is -0.880. The highest BCUT2D eigenvalue weighted by Gasteiger charge is 2.41. The van der Waals surface area contributed by atoms with Gasteiger partial charge in [-0.05, 0) is 41.4 Å². The minimum atomic E-state index is -0.646. The molecule has 7 heteroatoms. The van der Waals surface area contributed by atoms with E-state index < -0.39 is 5.54 Å². The Labute approximate surface area is 119 Å². The normalized spacial score (nSPS) is 19.3. The number of carbonyl (C=O) groups is 1. The van der Waals surface area contributed by atoms with Gasteiger partial charge in [-0.15, -0.1) is 0 Å². The quantitative estimate of drug-likeness (QED) is 0.737. The van der Waals surface area contributed by atoms with Crippen LogP contribution in [0.4, 0.5) is 5.82 Å². The van der Waals surface area contributed by atoms with E-state index in [1.54, 1.807) is 11.1 Å². The molecule has 1 aliphatic heterocycles. The van der Waals surface area contributed by atoms with Gasteiger partial charge in [-0.2, -0.15) is 4.98 Å². The first kappa shape index (κ1) is 13.5. The van der Waals surface area contributed by atoms with Crippen LogP contribution in [0.3, 0.4) is 0 Å². The number of likely N-dealkylation sites (N-methyl/N-ethyl adjacent to an activating group) is 1. The molecule has 0 unspecified atom stereocenters. The first-order valence-electron chi connectivity index (χ1n) is 5.55. The third-order valence-electron chi connectivity index (χ3n) is 3.16. The van der Waals surface area contributed by atoms with Crippen LogP contribution >= 0.6 is 27.5 Å². The van der Waals surface area contributed by atoms with Gasteiger partial charge in [0.05, 0.1) is 4.47 Å². The lowest BCUT2D eigenvalue weighted by molar-refractivity contribution is -0.136. The number of carbonyl (C=O) groups excluding carboxylic acids is 1. The Balaban J connectivity index is 2.44. The van der Waals surface area contributed by atoms with Crippen molar-refractivity contribution in [2.45, 2.75) is 19.4 Å². The van der Waals surface area contributed by atoms with Gasteiger partial charge in [0, 0.05) is 26.3 Å². The molecule has 0 bridgehead atoms. The molecule has 1 fully saturated rings. The van der Waals surface area contributed by atoms with Crippen LogP contribution in [0.5, 0.6) is 0 Å². The molecule has 0 N–H and O–H groups in total. The molecule has 5 nitrogen and oxygen atoms in total. The zero-order valence-corrected chi connectivity index (χ0v) is 12.8. The van der Waals surface area contributed by atoms with Gasteiger partial charge < -0.3 is 9.80 Å². The Morgan fingerprint density at radius 2 is 2.11 bits per heavy atom. The fraction of sp³-hybridized carbons (Fsp3) is 0.545. The Morgan fingerprint density at radius 1 is 1.44 bits per heavy atom. The summed E-state index contributed by atoms with van der Waals surface area (Å²) in [7, 11) is 1.81. The van der Waals surface area contributed by atoms with Gasteiger partial charge in [-0.1, -0.05) is 0 Å². The Morgan fingerprint density at radius 3 is 2.78 bits per heavy atom. The average molecular weight is 334 g/mol. The summed E-state index contributed by atoms with van der Waals surface area (Å²) in [5, 5.41) is 0.176. The number of halogens is 2. The third kappa shape index (κ3) is 2.19. The van der Waals surface area contributed by atoms with Crippen LogP contribution in [-0.2, 0) is 4.79 Å². The number of hydrogen-bond donors (Lipinski definition) is 0. The molecule has 18 heavy (non-hydrogen) atoms. The van der Waals surface area contributed by atoms with E-state index in [1.165, 1.54) is 0 Å². The second-order valence-corrected chi connectivity index (χ2v) is 5.94. The van der Waals surface area contributed by atoms with Crippen molar-refractivity contribution in [3.8, 4) is 0 Å². The van der Waals surface area contributed by atoms with Gasteiger partial charge in [-0.3, -0.25) is 4.79 Å². The highest BCUT2D eigenvalue weighted by atomic mass is 79.9. The van der Waals surface area contributed by atoms with Gasteiger partial charge in [0.1, 0.15) is 11.4 Å². The SMILES string of the molecule is CN1CCN(c2nc(Cl)ncc2Br)C(C)(C)C1=O. The summed E-state index contributed by atoms with van der Waals surface area (Å²) in [6.07, 6.45) is 1.60. The molecule has 0 saturated carbocycles. The molecular weight excluding hydrogens is 320 g/mol. The smallest absolute Gasteiger partial charge is 0.247 e. The Kier molecular flexibility index (Phi) is 3.51. The van der Waals surface area contributed by atoms with E-state index in [4.69, 9.17) is 11.6 Å². The lowest BCUT2D eigenvalue weighted by Crippen LogP contribution is -2.62. The fourth-order valence-corrected chi connectivity index (χ4v) is 2.64. The molecule has 2 heterocycles. The maximum atomic E-state index is 12.2. The number of piperazine rings is 1. The molecule has 2 rings (SSSR count). The number of anilines is 1.